The van der Waals surface area contributed by atoms with E-state index in [1.54, 1.807) is 11.8 Å². The molecule has 0 aliphatic carbocycles. The minimum atomic E-state index is -0.535. The van der Waals surface area contributed by atoms with E-state index in [1.807, 2.05) is 16.8 Å². The van der Waals surface area contributed by atoms with Gasteiger partial charge < -0.3 is 10.5 Å². The summed E-state index contributed by atoms with van der Waals surface area (Å²) in [5.41, 5.74) is 7.97. The lowest BCUT2D eigenvalue weighted by Gasteiger charge is -2.07. The number of carbonyl (C=O) groups excluding carboxylic acids is 1. The number of para-hydroxylation sites is 1. The second-order valence-corrected chi connectivity index (χ2v) is 5.86. The Morgan fingerprint density at radius 3 is 2.95 bits per heavy atom. The zero-order valence-corrected chi connectivity index (χ0v) is 13.2. The molecule has 0 aliphatic rings. The molecule has 0 bridgehead atoms. The molecule has 0 radical (unpaired) electrons. The lowest BCUT2D eigenvalue weighted by molar-refractivity contribution is -0.142. The molecule has 5 nitrogen and oxygen atoms in total. The molecule has 0 spiro atoms. The largest absolute Gasteiger partial charge is 0.468 e. The Morgan fingerprint density at radius 2 is 2.24 bits per heavy atom. The highest BCUT2D eigenvalue weighted by molar-refractivity contribution is 7.98. The summed E-state index contributed by atoms with van der Waals surface area (Å²) in [6.45, 7) is 2.95. The summed E-state index contributed by atoms with van der Waals surface area (Å²) in [6.07, 6.45) is 0.615. The number of nitrogens with zero attached hydrogens (tertiary/aromatic N) is 2. The second-order valence-electron chi connectivity index (χ2n) is 4.75. The van der Waals surface area contributed by atoms with Gasteiger partial charge in [0.1, 0.15) is 6.04 Å². The molecule has 6 heteroatoms. The molecule has 1 unspecified atom stereocenters. The maximum absolute atomic E-state index is 11.2. The molecule has 0 aliphatic heterocycles. The highest BCUT2D eigenvalue weighted by Gasteiger charge is 2.13. The first-order chi connectivity index (χ1) is 10.2. The van der Waals surface area contributed by atoms with Crippen molar-refractivity contribution in [3.63, 3.8) is 0 Å². The number of fused-ring (bicyclic) bond motifs is 1. The van der Waals surface area contributed by atoms with Crippen LogP contribution in [0.4, 0.5) is 0 Å². The standard InChI is InChI=1S/C15H21N3O2S/c1-3-18-14-7-5-4-6-11(14)13(17-18)10-21-9-8-12(16)15(19)20-2/h4-7,12H,3,8-10,16H2,1-2H3. The van der Waals surface area contributed by atoms with Gasteiger partial charge in [-0.05, 0) is 25.2 Å². The molecule has 2 aromatic rings. The van der Waals surface area contributed by atoms with Crippen molar-refractivity contribution in [1.82, 2.24) is 9.78 Å². The molecule has 1 heterocycles. The van der Waals surface area contributed by atoms with Crippen molar-refractivity contribution >= 4 is 28.6 Å². The normalized spacial score (nSPS) is 12.5. The van der Waals surface area contributed by atoms with Gasteiger partial charge in [0.05, 0.1) is 18.3 Å². The van der Waals surface area contributed by atoms with Crippen molar-refractivity contribution in [2.24, 2.45) is 5.73 Å². The van der Waals surface area contributed by atoms with Gasteiger partial charge in [-0.1, -0.05) is 18.2 Å². The number of benzene rings is 1. The van der Waals surface area contributed by atoms with Crippen LogP contribution in [0.15, 0.2) is 24.3 Å². The number of thioether (sulfide) groups is 1. The number of carbonyl (C=O) groups is 1. The monoisotopic (exact) mass is 307 g/mol. The molecular formula is C15H21N3O2S. The Morgan fingerprint density at radius 1 is 1.48 bits per heavy atom. The van der Waals surface area contributed by atoms with Gasteiger partial charge in [0.15, 0.2) is 0 Å². The summed E-state index contributed by atoms with van der Waals surface area (Å²) < 4.78 is 6.63. The third-order valence-electron chi connectivity index (χ3n) is 3.35. The van der Waals surface area contributed by atoms with E-state index in [0.29, 0.717) is 6.42 Å². The van der Waals surface area contributed by atoms with Crippen molar-refractivity contribution in [2.45, 2.75) is 31.7 Å². The van der Waals surface area contributed by atoms with Gasteiger partial charge in [-0.2, -0.15) is 16.9 Å². The number of rotatable bonds is 7. The van der Waals surface area contributed by atoms with E-state index in [1.165, 1.54) is 18.0 Å². The Balaban J connectivity index is 1.93. The molecule has 0 saturated carbocycles. The summed E-state index contributed by atoms with van der Waals surface area (Å²) in [5, 5.41) is 5.85. The van der Waals surface area contributed by atoms with Gasteiger partial charge >= 0.3 is 5.97 Å². The van der Waals surface area contributed by atoms with Crippen molar-refractivity contribution in [3.8, 4) is 0 Å². The summed E-state index contributed by atoms with van der Waals surface area (Å²) in [5.74, 6) is 1.28. The van der Waals surface area contributed by atoms with Crippen LogP contribution in [-0.4, -0.2) is 34.7 Å². The van der Waals surface area contributed by atoms with E-state index in [9.17, 15) is 4.79 Å². The Hall–Kier alpha value is -1.53. The van der Waals surface area contributed by atoms with E-state index >= 15 is 0 Å². The van der Waals surface area contributed by atoms with Gasteiger partial charge in [0, 0.05) is 17.7 Å². The van der Waals surface area contributed by atoms with E-state index in [4.69, 9.17) is 5.73 Å². The summed E-state index contributed by atoms with van der Waals surface area (Å²) in [4.78, 5) is 11.2. The molecular weight excluding hydrogens is 286 g/mol. The topological polar surface area (TPSA) is 70.1 Å². The predicted molar refractivity (Wildman–Crippen MR) is 86.2 cm³/mol. The van der Waals surface area contributed by atoms with Crippen LogP contribution >= 0.6 is 11.8 Å². The number of esters is 1. The number of ether oxygens (including phenoxy) is 1. The Bertz CT molecular complexity index is 612. The molecule has 2 N–H and O–H groups in total. The lowest BCUT2D eigenvalue weighted by Crippen LogP contribution is -2.31. The molecule has 0 saturated heterocycles. The number of aryl methyl sites for hydroxylation is 1. The van der Waals surface area contributed by atoms with Crippen molar-refractivity contribution in [1.29, 1.82) is 0 Å². The maximum Gasteiger partial charge on any atom is 0.322 e. The van der Waals surface area contributed by atoms with Crippen LogP contribution < -0.4 is 5.73 Å². The fraction of sp³-hybridized carbons (Fsp3) is 0.467. The summed E-state index contributed by atoms with van der Waals surface area (Å²) in [7, 11) is 1.36. The molecule has 1 aromatic carbocycles. The van der Waals surface area contributed by atoms with E-state index < -0.39 is 6.04 Å². The van der Waals surface area contributed by atoms with Crippen molar-refractivity contribution in [3.05, 3.63) is 30.0 Å². The lowest BCUT2D eigenvalue weighted by atomic mass is 10.2. The van der Waals surface area contributed by atoms with E-state index in [-0.39, 0.29) is 5.97 Å². The van der Waals surface area contributed by atoms with Crippen molar-refractivity contribution < 1.29 is 9.53 Å². The zero-order valence-electron chi connectivity index (χ0n) is 12.4. The Kier molecular flexibility index (Phi) is 5.64. The molecule has 0 fully saturated rings. The molecule has 0 amide bonds. The first-order valence-corrected chi connectivity index (χ1v) is 8.18. The fourth-order valence-corrected chi connectivity index (χ4v) is 3.16. The summed E-state index contributed by atoms with van der Waals surface area (Å²) in [6, 6.07) is 7.72. The van der Waals surface area contributed by atoms with Crippen LogP contribution in [0.5, 0.6) is 0 Å². The third kappa shape index (κ3) is 3.77. The molecule has 2 rings (SSSR count). The van der Waals surface area contributed by atoms with Crippen LogP contribution in [0, 0.1) is 0 Å². The average molecular weight is 307 g/mol. The maximum atomic E-state index is 11.2. The number of hydrogen-bond acceptors (Lipinski definition) is 5. The van der Waals surface area contributed by atoms with Gasteiger partial charge in [-0.25, -0.2) is 0 Å². The van der Waals surface area contributed by atoms with Crippen LogP contribution in [0.25, 0.3) is 10.9 Å². The number of aromatic nitrogens is 2. The molecule has 1 atom stereocenters. The summed E-state index contributed by atoms with van der Waals surface area (Å²) >= 11 is 1.74. The van der Waals surface area contributed by atoms with Gasteiger partial charge in [-0.15, -0.1) is 0 Å². The highest BCUT2D eigenvalue weighted by atomic mass is 32.2. The SMILES string of the molecule is CCn1nc(CSCCC(N)C(=O)OC)c2ccccc21. The van der Waals surface area contributed by atoms with Crippen LogP contribution in [0.2, 0.25) is 0 Å². The van der Waals surface area contributed by atoms with Gasteiger partial charge in [-0.3, -0.25) is 9.48 Å². The molecule has 114 valence electrons. The Labute approximate surface area is 128 Å². The fourth-order valence-electron chi connectivity index (χ4n) is 2.19. The van der Waals surface area contributed by atoms with Crippen LogP contribution in [0.1, 0.15) is 19.0 Å². The predicted octanol–water partition coefficient (Wildman–Crippen LogP) is 2.18. The first-order valence-electron chi connectivity index (χ1n) is 7.03. The van der Waals surface area contributed by atoms with Gasteiger partial charge in [0.2, 0.25) is 0 Å². The minimum Gasteiger partial charge on any atom is -0.468 e. The third-order valence-corrected chi connectivity index (χ3v) is 4.35. The van der Waals surface area contributed by atoms with Crippen LogP contribution in [0.3, 0.4) is 0 Å². The smallest absolute Gasteiger partial charge is 0.322 e. The number of methoxy groups -OCH3 is 1. The van der Waals surface area contributed by atoms with Crippen molar-refractivity contribution in [2.75, 3.05) is 12.9 Å². The average Bonchev–Trinajstić information content (AvgIpc) is 2.88. The zero-order chi connectivity index (χ0) is 15.2. The van der Waals surface area contributed by atoms with Gasteiger partial charge in [0.25, 0.3) is 0 Å². The quantitative estimate of drug-likeness (QED) is 0.627. The number of nitrogens with two attached hydrogens (primary N) is 1. The van der Waals surface area contributed by atoms with E-state index in [0.717, 1.165) is 23.7 Å². The molecule has 1 aromatic heterocycles. The molecule has 21 heavy (non-hydrogen) atoms. The minimum absolute atomic E-state index is 0.351. The van der Waals surface area contributed by atoms with E-state index in [2.05, 4.69) is 28.9 Å². The highest BCUT2D eigenvalue weighted by Crippen LogP contribution is 2.22. The van der Waals surface area contributed by atoms with Crippen LogP contribution in [-0.2, 0) is 21.8 Å². The second kappa shape index (κ2) is 7.47. The first kappa shape index (κ1) is 15.9. The number of hydrogen-bond donors (Lipinski definition) is 1.